The van der Waals surface area contributed by atoms with Crippen molar-refractivity contribution in [3.05, 3.63) is 24.2 Å². The minimum atomic E-state index is 0.617. The predicted molar refractivity (Wildman–Crippen MR) is 94.4 cm³/mol. The van der Waals surface area contributed by atoms with Crippen LogP contribution in [0.15, 0.2) is 23.6 Å². The molecule has 124 valence electrons. The summed E-state index contributed by atoms with van der Waals surface area (Å²) < 4.78 is 1.78. The summed E-state index contributed by atoms with van der Waals surface area (Å²) in [5.41, 5.74) is 2.82. The summed E-state index contributed by atoms with van der Waals surface area (Å²) in [7, 11) is 0. The Bertz CT molecular complexity index is 870. The Hall–Kier alpha value is -2.22. The number of hydrogen-bond donors (Lipinski definition) is 0. The highest BCUT2D eigenvalue weighted by Gasteiger charge is 2.16. The van der Waals surface area contributed by atoms with Crippen LogP contribution in [-0.2, 0) is 0 Å². The highest BCUT2D eigenvalue weighted by molar-refractivity contribution is 7.98. The average molecular weight is 341 g/mol. The second-order valence-electron chi connectivity index (χ2n) is 5.86. The molecule has 1 aliphatic rings. The number of hydrogen-bond acceptors (Lipinski definition) is 7. The molecule has 1 fully saturated rings. The van der Waals surface area contributed by atoms with E-state index in [-0.39, 0.29) is 0 Å². The Kier molecular flexibility index (Phi) is 4.05. The van der Waals surface area contributed by atoms with Crippen LogP contribution >= 0.6 is 11.8 Å². The maximum atomic E-state index is 4.77. The molecular weight excluding hydrogens is 322 g/mol. The molecule has 0 aliphatic carbocycles. The molecule has 0 bridgehead atoms. The molecule has 1 saturated heterocycles. The van der Waals surface area contributed by atoms with E-state index in [9.17, 15) is 0 Å². The van der Waals surface area contributed by atoms with E-state index in [1.54, 1.807) is 4.52 Å². The lowest BCUT2D eigenvalue weighted by molar-refractivity contribution is 0.568. The molecule has 0 radical (unpaired) electrons. The van der Waals surface area contributed by atoms with E-state index < -0.39 is 0 Å². The first kappa shape index (κ1) is 15.3. The largest absolute Gasteiger partial charge is 0.341 e. The van der Waals surface area contributed by atoms with Crippen LogP contribution in [-0.4, -0.2) is 48.9 Å². The average Bonchev–Trinajstić information content (AvgIpc) is 3.07. The Balaban J connectivity index is 1.75. The smallest absolute Gasteiger partial charge is 0.253 e. The van der Waals surface area contributed by atoms with Gasteiger partial charge >= 0.3 is 0 Å². The van der Waals surface area contributed by atoms with Gasteiger partial charge in [0.25, 0.3) is 5.78 Å². The van der Waals surface area contributed by atoms with Gasteiger partial charge in [0.05, 0.1) is 11.4 Å². The normalized spacial score (nSPS) is 15.2. The van der Waals surface area contributed by atoms with Crippen molar-refractivity contribution in [2.75, 3.05) is 24.2 Å². The summed E-state index contributed by atoms with van der Waals surface area (Å²) in [6.07, 6.45) is 9.31. The van der Waals surface area contributed by atoms with Crippen LogP contribution in [0.5, 0.6) is 0 Å². The molecule has 1 aliphatic heterocycles. The highest BCUT2D eigenvalue weighted by Crippen LogP contribution is 2.24. The number of aromatic nitrogens is 6. The van der Waals surface area contributed by atoms with Crippen molar-refractivity contribution in [1.29, 1.82) is 0 Å². The van der Waals surface area contributed by atoms with E-state index in [2.05, 4.69) is 25.0 Å². The highest BCUT2D eigenvalue weighted by atomic mass is 32.2. The summed E-state index contributed by atoms with van der Waals surface area (Å²) in [5, 5.41) is 5.20. The van der Waals surface area contributed by atoms with Gasteiger partial charge in [-0.15, -0.1) is 5.10 Å². The minimum Gasteiger partial charge on any atom is -0.341 e. The van der Waals surface area contributed by atoms with Gasteiger partial charge < -0.3 is 4.90 Å². The van der Waals surface area contributed by atoms with Crippen LogP contribution < -0.4 is 4.90 Å². The zero-order valence-electron chi connectivity index (χ0n) is 13.8. The summed E-state index contributed by atoms with van der Waals surface area (Å²) in [6.45, 7) is 4.07. The number of piperidine rings is 1. The van der Waals surface area contributed by atoms with E-state index in [0.29, 0.717) is 5.78 Å². The molecule has 0 saturated carbocycles. The molecule has 4 heterocycles. The van der Waals surface area contributed by atoms with Crippen LogP contribution in [0.25, 0.3) is 17.0 Å². The molecule has 3 aromatic rings. The van der Waals surface area contributed by atoms with Crippen molar-refractivity contribution in [2.45, 2.75) is 31.3 Å². The Morgan fingerprint density at radius 1 is 1.08 bits per heavy atom. The van der Waals surface area contributed by atoms with Crippen LogP contribution in [0.2, 0.25) is 0 Å². The van der Waals surface area contributed by atoms with Crippen molar-refractivity contribution in [3.8, 4) is 11.3 Å². The van der Waals surface area contributed by atoms with Crippen LogP contribution in [0.1, 0.15) is 25.0 Å². The fraction of sp³-hybridized carbons (Fsp3) is 0.438. The number of thioether (sulfide) groups is 1. The first-order valence-corrected chi connectivity index (χ1v) is 9.33. The van der Waals surface area contributed by atoms with Crippen molar-refractivity contribution >= 4 is 23.5 Å². The molecule has 7 nitrogen and oxygen atoms in total. The first-order chi connectivity index (χ1) is 11.8. The SMILES string of the molecule is CSc1nc2ncc(-c3ccnc(N4CCCCC4)n3)c(C)n2n1. The fourth-order valence-corrected chi connectivity index (χ4v) is 3.34. The third-order valence-corrected chi connectivity index (χ3v) is 4.87. The van der Waals surface area contributed by atoms with Gasteiger partial charge in [-0.2, -0.15) is 9.50 Å². The van der Waals surface area contributed by atoms with Crippen LogP contribution in [0, 0.1) is 6.92 Å². The van der Waals surface area contributed by atoms with Crippen molar-refractivity contribution < 1.29 is 0 Å². The Morgan fingerprint density at radius 2 is 1.92 bits per heavy atom. The third-order valence-electron chi connectivity index (χ3n) is 4.33. The standard InChI is InChI=1S/C16H19N7S/c1-11-12(10-18-15-20-16(24-2)21-23(11)15)13-6-7-17-14(19-13)22-8-4-3-5-9-22/h6-7,10H,3-5,8-9H2,1-2H3. The number of nitrogens with zero attached hydrogens (tertiary/aromatic N) is 7. The summed E-state index contributed by atoms with van der Waals surface area (Å²) in [4.78, 5) is 20.3. The van der Waals surface area contributed by atoms with Crippen molar-refractivity contribution in [1.82, 2.24) is 29.5 Å². The zero-order chi connectivity index (χ0) is 16.5. The van der Waals surface area contributed by atoms with E-state index in [4.69, 9.17) is 4.98 Å². The molecule has 3 aromatic heterocycles. The number of aryl methyl sites for hydroxylation is 1. The molecule has 0 unspecified atom stereocenters. The Morgan fingerprint density at radius 3 is 2.71 bits per heavy atom. The summed E-state index contributed by atoms with van der Waals surface area (Å²) >= 11 is 1.51. The topological polar surface area (TPSA) is 72.1 Å². The zero-order valence-corrected chi connectivity index (χ0v) is 14.6. The van der Waals surface area contributed by atoms with Crippen LogP contribution in [0.4, 0.5) is 5.95 Å². The van der Waals surface area contributed by atoms with Gasteiger partial charge in [0, 0.05) is 31.0 Å². The van der Waals surface area contributed by atoms with Gasteiger partial charge in [0.2, 0.25) is 11.1 Å². The van der Waals surface area contributed by atoms with Gasteiger partial charge in [-0.25, -0.2) is 15.0 Å². The molecule has 0 aromatic carbocycles. The number of anilines is 1. The minimum absolute atomic E-state index is 0.617. The van der Waals surface area contributed by atoms with Gasteiger partial charge in [0.15, 0.2) is 0 Å². The lowest BCUT2D eigenvalue weighted by atomic mass is 10.1. The fourth-order valence-electron chi connectivity index (χ4n) is 3.01. The van der Waals surface area contributed by atoms with Crippen molar-refractivity contribution in [3.63, 3.8) is 0 Å². The van der Waals surface area contributed by atoms with E-state index in [1.807, 2.05) is 31.6 Å². The Labute approximate surface area is 144 Å². The van der Waals surface area contributed by atoms with Crippen LogP contribution in [0.3, 0.4) is 0 Å². The van der Waals surface area contributed by atoms with E-state index in [1.165, 1.54) is 31.0 Å². The molecule has 8 heteroatoms. The molecule has 0 amide bonds. The van der Waals surface area contributed by atoms with Gasteiger partial charge in [-0.3, -0.25) is 0 Å². The quantitative estimate of drug-likeness (QED) is 0.678. The monoisotopic (exact) mass is 341 g/mol. The number of rotatable bonds is 3. The third kappa shape index (κ3) is 2.71. The molecule has 0 N–H and O–H groups in total. The van der Waals surface area contributed by atoms with Gasteiger partial charge in [-0.05, 0) is 38.5 Å². The lowest BCUT2D eigenvalue weighted by Gasteiger charge is -2.26. The molecule has 0 atom stereocenters. The second kappa shape index (κ2) is 6.35. The maximum absolute atomic E-state index is 4.77. The van der Waals surface area contributed by atoms with Crippen molar-refractivity contribution in [2.24, 2.45) is 0 Å². The maximum Gasteiger partial charge on any atom is 0.253 e. The predicted octanol–water partition coefficient (Wildman–Crippen LogP) is 2.60. The first-order valence-electron chi connectivity index (χ1n) is 8.11. The molecule has 4 rings (SSSR count). The van der Waals surface area contributed by atoms with Gasteiger partial charge in [0.1, 0.15) is 0 Å². The summed E-state index contributed by atoms with van der Waals surface area (Å²) in [6, 6.07) is 1.93. The van der Waals surface area contributed by atoms with E-state index in [0.717, 1.165) is 41.1 Å². The lowest BCUT2D eigenvalue weighted by Crippen LogP contribution is -2.31. The molecule has 0 spiro atoms. The second-order valence-corrected chi connectivity index (χ2v) is 6.63. The summed E-state index contributed by atoms with van der Waals surface area (Å²) in [5.74, 6) is 1.42. The van der Waals surface area contributed by atoms with Gasteiger partial charge in [-0.1, -0.05) is 11.8 Å². The number of fused-ring (bicyclic) bond motifs is 1. The van der Waals surface area contributed by atoms with E-state index >= 15 is 0 Å². The molecule has 24 heavy (non-hydrogen) atoms. The molecular formula is C16H19N7S.